The van der Waals surface area contributed by atoms with Crippen molar-refractivity contribution in [1.29, 1.82) is 0 Å². The number of carboxylic acid groups (broad SMARTS) is 2. The van der Waals surface area contributed by atoms with E-state index in [4.69, 9.17) is 5.11 Å². The van der Waals surface area contributed by atoms with Crippen LogP contribution in [0.2, 0.25) is 0 Å². The molecule has 2 amide bonds. The van der Waals surface area contributed by atoms with Gasteiger partial charge >= 0.3 is 11.9 Å². The second kappa shape index (κ2) is 20.4. The lowest BCUT2D eigenvalue weighted by Gasteiger charge is -2.32. The number of thiophene rings is 1. The molecular formula is C48H54N4O6S. The fourth-order valence-corrected chi connectivity index (χ4v) is 9.18. The molecule has 1 aliphatic carbocycles. The van der Waals surface area contributed by atoms with E-state index in [0.29, 0.717) is 46.5 Å². The van der Waals surface area contributed by atoms with Crippen LogP contribution in [0.15, 0.2) is 97.1 Å². The fourth-order valence-electron chi connectivity index (χ4n) is 7.90. The molecule has 0 aliphatic heterocycles. The topological polar surface area (TPSA) is 139 Å². The molecule has 0 atom stereocenters. The molecular weight excluding hydrogens is 761 g/mol. The van der Waals surface area contributed by atoms with E-state index in [0.717, 1.165) is 97.2 Å². The van der Waals surface area contributed by atoms with Crippen LogP contribution in [0.4, 0.5) is 10.7 Å². The number of nitrogens with zero attached hydrogens (tertiary/aromatic N) is 2. The second-order valence-electron chi connectivity index (χ2n) is 15.4. The van der Waals surface area contributed by atoms with E-state index in [1.807, 2.05) is 79.8 Å². The quantitative estimate of drug-likeness (QED) is 0.0647. The molecule has 1 aromatic heterocycles. The van der Waals surface area contributed by atoms with Crippen LogP contribution in [-0.4, -0.2) is 69.9 Å². The van der Waals surface area contributed by atoms with Crippen molar-refractivity contribution in [2.24, 2.45) is 0 Å². The maximum Gasteiger partial charge on any atom is 0.336 e. The van der Waals surface area contributed by atoms with Crippen LogP contribution in [0, 0.1) is 0 Å². The molecule has 0 spiro atoms. The Kier molecular flexibility index (Phi) is 14.8. The van der Waals surface area contributed by atoms with Gasteiger partial charge in [0.05, 0.1) is 16.7 Å². The number of likely N-dealkylation sites (N-methyl/N-ethyl adjacent to an activating group) is 1. The number of rotatable bonds is 19. The average molecular weight is 815 g/mol. The smallest absolute Gasteiger partial charge is 0.336 e. The zero-order valence-electron chi connectivity index (χ0n) is 34.1. The summed E-state index contributed by atoms with van der Waals surface area (Å²) < 4.78 is 0. The van der Waals surface area contributed by atoms with Crippen LogP contribution in [0.1, 0.15) is 114 Å². The molecule has 5 aromatic rings. The molecule has 0 radical (unpaired) electrons. The maximum atomic E-state index is 14.0. The summed E-state index contributed by atoms with van der Waals surface area (Å²) in [6.45, 7) is 7.10. The van der Waals surface area contributed by atoms with Crippen LogP contribution in [-0.2, 0) is 38.8 Å². The number of hydrogen-bond acceptors (Lipinski definition) is 7. The van der Waals surface area contributed by atoms with Crippen LogP contribution in [0.3, 0.4) is 0 Å². The number of nitrogens with one attached hydrogen (secondary N) is 2. The largest absolute Gasteiger partial charge is 0.478 e. The number of aryl methyl sites for hydroxylation is 3. The Labute approximate surface area is 350 Å². The molecule has 0 unspecified atom stereocenters. The molecule has 0 bridgehead atoms. The molecule has 0 fully saturated rings. The van der Waals surface area contributed by atoms with Crippen LogP contribution in [0.5, 0.6) is 0 Å². The van der Waals surface area contributed by atoms with Crippen molar-refractivity contribution in [2.75, 3.05) is 30.8 Å². The van der Waals surface area contributed by atoms with Crippen molar-refractivity contribution in [2.45, 2.75) is 84.3 Å². The zero-order chi connectivity index (χ0) is 41.9. The SMILES string of the molecule is CCC(CC)N(CCN(C)Cc1ccccc1C(=O)O)Cc1cccc(C(=O)Nc2sc3c(c2C(=O)Nc2ccc(CCc4ccc(C(=O)O)cc4)cc2)CCCC3)c1. The first kappa shape index (κ1) is 43.0. The van der Waals surface area contributed by atoms with Gasteiger partial charge in [0, 0.05) is 48.3 Å². The number of benzene rings is 4. The summed E-state index contributed by atoms with van der Waals surface area (Å²) in [7, 11) is 2.01. The van der Waals surface area contributed by atoms with Crippen molar-refractivity contribution in [3.8, 4) is 0 Å². The third-order valence-electron chi connectivity index (χ3n) is 11.2. The van der Waals surface area contributed by atoms with Crippen molar-refractivity contribution in [3.63, 3.8) is 0 Å². The molecule has 11 heteroatoms. The van der Waals surface area contributed by atoms with Gasteiger partial charge in [-0.25, -0.2) is 9.59 Å². The molecule has 59 heavy (non-hydrogen) atoms. The number of anilines is 2. The minimum Gasteiger partial charge on any atom is -0.478 e. The summed E-state index contributed by atoms with van der Waals surface area (Å²) in [4.78, 5) is 56.6. The number of hydrogen-bond donors (Lipinski definition) is 4. The molecule has 4 aromatic carbocycles. The first-order chi connectivity index (χ1) is 28.5. The average Bonchev–Trinajstić information content (AvgIpc) is 3.61. The highest BCUT2D eigenvalue weighted by Crippen LogP contribution is 2.39. The number of amides is 2. The van der Waals surface area contributed by atoms with Gasteiger partial charge in [-0.05, 0) is 129 Å². The van der Waals surface area contributed by atoms with E-state index >= 15 is 0 Å². The predicted octanol–water partition coefficient (Wildman–Crippen LogP) is 9.44. The number of carbonyl (C=O) groups is 4. The Bertz CT molecular complexity index is 2250. The maximum absolute atomic E-state index is 14.0. The predicted molar refractivity (Wildman–Crippen MR) is 235 cm³/mol. The third kappa shape index (κ3) is 11.3. The molecule has 0 saturated heterocycles. The normalized spacial score (nSPS) is 12.4. The lowest BCUT2D eigenvalue weighted by atomic mass is 9.95. The number of carbonyl (C=O) groups excluding carboxylic acids is 2. The first-order valence-electron chi connectivity index (χ1n) is 20.5. The Balaban J connectivity index is 1.11. The summed E-state index contributed by atoms with van der Waals surface area (Å²) >= 11 is 1.50. The van der Waals surface area contributed by atoms with E-state index in [1.54, 1.807) is 24.3 Å². The van der Waals surface area contributed by atoms with Crippen molar-refractivity contribution < 1.29 is 29.4 Å². The Hall–Kier alpha value is -5.62. The van der Waals surface area contributed by atoms with Gasteiger partial charge in [-0.2, -0.15) is 0 Å². The van der Waals surface area contributed by atoms with Gasteiger partial charge in [-0.3, -0.25) is 14.5 Å². The summed E-state index contributed by atoms with van der Waals surface area (Å²) in [5.41, 5.74) is 7.31. The monoisotopic (exact) mass is 814 g/mol. The first-order valence-corrected chi connectivity index (χ1v) is 21.4. The van der Waals surface area contributed by atoms with Crippen molar-refractivity contribution >= 4 is 45.8 Å². The highest BCUT2D eigenvalue weighted by atomic mass is 32.1. The van der Waals surface area contributed by atoms with E-state index in [1.165, 1.54) is 11.3 Å². The fraction of sp³-hybridized carbons (Fsp3) is 0.333. The standard InChI is InChI=1S/C48H54N4O6S/c1-4-39(5-2)52(28-27-51(3)31-37-12-6-7-14-40(37)48(57)58)30-34-11-10-13-36(29-34)44(53)50-46-43(41-15-8-9-16-42(41)59-46)45(54)49-38-25-21-33(22-26-38)18-17-32-19-23-35(24-20-32)47(55)56/h6-7,10-14,19-26,29,39H,4-5,8-9,15-18,27-28,30-31H2,1-3H3,(H,49,54)(H,50,53)(H,55,56)(H,57,58). The highest BCUT2D eigenvalue weighted by molar-refractivity contribution is 7.17. The van der Waals surface area contributed by atoms with Gasteiger partial charge < -0.3 is 25.7 Å². The summed E-state index contributed by atoms with van der Waals surface area (Å²) in [5.74, 6) is -2.36. The van der Waals surface area contributed by atoms with E-state index < -0.39 is 11.9 Å². The number of fused-ring (bicyclic) bond motifs is 1. The summed E-state index contributed by atoms with van der Waals surface area (Å²) in [5, 5.41) is 25.6. The van der Waals surface area contributed by atoms with Crippen molar-refractivity contribution in [3.05, 3.63) is 152 Å². The lowest BCUT2D eigenvalue weighted by molar-refractivity contribution is 0.0684. The molecule has 1 heterocycles. The van der Waals surface area contributed by atoms with Gasteiger partial charge in [0.15, 0.2) is 0 Å². The minimum atomic E-state index is -0.940. The summed E-state index contributed by atoms with van der Waals surface area (Å²) in [6, 6.07) is 29.9. The van der Waals surface area contributed by atoms with Gasteiger partial charge in [0.1, 0.15) is 5.00 Å². The van der Waals surface area contributed by atoms with Gasteiger partial charge in [-0.15, -0.1) is 11.3 Å². The van der Waals surface area contributed by atoms with E-state index in [9.17, 15) is 24.3 Å². The van der Waals surface area contributed by atoms with Crippen LogP contribution >= 0.6 is 11.3 Å². The zero-order valence-corrected chi connectivity index (χ0v) is 34.9. The molecule has 4 N–H and O–H groups in total. The van der Waals surface area contributed by atoms with Gasteiger partial charge in [0.2, 0.25) is 0 Å². The van der Waals surface area contributed by atoms with Gasteiger partial charge in [0.25, 0.3) is 11.8 Å². The molecule has 10 nitrogen and oxygen atoms in total. The number of carboxylic acids is 2. The molecule has 1 aliphatic rings. The molecule has 0 saturated carbocycles. The Morgan fingerprint density at radius 2 is 1.37 bits per heavy atom. The minimum absolute atomic E-state index is 0.239. The lowest BCUT2D eigenvalue weighted by Crippen LogP contribution is -2.39. The Morgan fingerprint density at radius 1 is 0.695 bits per heavy atom. The van der Waals surface area contributed by atoms with Crippen LogP contribution in [0.25, 0.3) is 0 Å². The highest BCUT2D eigenvalue weighted by Gasteiger charge is 2.27. The van der Waals surface area contributed by atoms with Crippen molar-refractivity contribution in [1.82, 2.24) is 9.80 Å². The van der Waals surface area contributed by atoms with Crippen LogP contribution < -0.4 is 10.6 Å². The second-order valence-corrected chi connectivity index (χ2v) is 16.5. The third-order valence-corrected chi connectivity index (χ3v) is 12.4. The molecule has 308 valence electrons. The Morgan fingerprint density at radius 3 is 2.05 bits per heavy atom. The van der Waals surface area contributed by atoms with Gasteiger partial charge in [-0.1, -0.05) is 68.4 Å². The summed E-state index contributed by atoms with van der Waals surface area (Å²) in [6.07, 6.45) is 7.21. The molecule has 6 rings (SSSR count). The van der Waals surface area contributed by atoms with E-state index in [2.05, 4.69) is 34.3 Å². The number of aromatic carboxylic acids is 2. The van der Waals surface area contributed by atoms with E-state index in [-0.39, 0.29) is 17.4 Å².